The summed E-state index contributed by atoms with van der Waals surface area (Å²) in [6, 6.07) is 18.8. The van der Waals surface area contributed by atoms with Crippen LogP contribution in [0.3, 0.4) is 0 Å². The minimum atomic E-state index is -0.628. The van der Waals surface area contributed by atoms with Crippen LogP contribution in [0.1, 0.15) is 18.1 Å². The van der Waals surface area contributed by atoms with Crippen molar-refractivity contribution in [1.29, 1.82) is 5.41 Å². The van der Waals surface area contributed by atoms with Gasteiger partial charge >= 0.3 is 0 Å². The van der Waals surface area contributed by atoms with Crippen LogP contribution in [0.25, 0.3) is 11.1 Å². The number of nitrogens with one attached hydrogen (secondary N) is 2. The summed E-state index contributed by atoms with van der Waals surface area (Å²) in [4.78, 5) is 5.82. The van der Waals surface area contributed by atoms with E-state index in [4.69, 9.17) is 11.1 Å². The maximum Gasteiger partial charge on any atom is 0.155 e. The number of rotatable bonds is 7. The Balaban J connectivity index is 1.74. The quantitative estimate of drug-likeness (QED) is 0.281. The number of hydrogen-bond acceptors (Lipinski definition) is 5. The normalized spacial score (nSPS) is 10.7. The molecule has 4 rings (SSSR count). The van der Waals surface area contributed by atoms with Gasteiger partial charge in [0.2, 0.25) is 0 Å². The molecule has 172 valence electrons. The second kappa shape index (κ2) is 9.80. The average molecular weight is 458 g/mol. The maximum absolute atomic E-state index is 15.8. The first-order valence-electron chi connectivity index (χ1n) is 10.8. The van der Waals surface area contributed by atoms with Crippen LogP contribution in [-0.2, 0) is 6.54 Å². The Morgan fingerprint density at radius 2 is 1.71 bits per heavy atom. The molecule has 0 aliphatic heterocycles. The molecule has 34 heavy (non-hydrogen) atoms. The molecule has 0 saturated carbocycles. The van der Waals surface area contributed by atoms with E-state index >= 15 is 8.78 Å². The Bertz CT molecular complexity index is 1340. The number of aromatic nitrogens is 1. The van der Waals surface area contributed by atoms with E-state index in [0.717, 1.165) is 11.3 Å². The van der Waals surface area contributed by atoms with E-state index in [0.29, 0.717) is 23.5 Å². The van der Waals surface area contributed by atoms with Gasteiger partial charge in [-0.1, -0.05) is 24.3 Å². The topological polar surface area (TPSA) is 78.0 Å². The van der Waals surface area contributed by atoms with Crippen molar-refractivity contribution >= 4 is 28.5 Å². The standard InChI is InChI=1S/C27H25F2N5/c1-17(31)22-8-9-24(26(29)27(22)33-19-5-3-4-18(14-19)16-30)23-7-6-21(15-25(23)28)34(2)20-10-12-32-13-11-20/h3-15,31,33H,16,30H2,1-2H3. The monoisotopic (exact) mass is 457 g/mol. The van der Waals surface area contributed by atoms with Gasteiger partial charge in [-0.15, -0.1) is 0 Å². The van der Waals surface area contributed by atoms with Gasteiger partial charge in [0.1, 0.15) is 5.82 Å². The van der Waals surface area contributed by atoms with Crippen molar-refractivity contribution in [2.75, 3.05) is 17.3 Å². The van der Waals surface area contributed by atoms with E-state index in [1.54, 1.807) is 43.6 Å². The first-order chi connectivity index (χ1) is 16.4. The summed E-state index contributed by atoms with van der Waals surface area (Å²) in [6.45, 7) is 1.93. The van der Waals surface area contributed by atoms with Gasteiger partial charge in [0.25, 0.3) is 0 Å². The Labute approximate surface area is 197 Å². The third-order valence-electron chi connectivity index (χ3n) is 5.66. The summed E-state index contributed by atoms with van der Waals surface area (Å²) < 4.78 is 31.0. The number of benzene rings is 3. The summed E-state index contributed by atoms with van der Waals surface area (Å²) in [7, 11) is 1.82. The molecule has 3 aromatic carbocycles. The summed E-state index contributed by atoms with van der Waals surface area (Å²) in [5, 5.41) is 11.2. The largest absolute Gasteiger partial charge is 0.353 e. The van der Waals surface area contributed by atoms with Crippen LogP contribution in [-0.4, -0.2) is 17.7 Å². The van der Waals surface area contributed by atoms with Gasteiger partial charge in [-0.3, -0.25) is 4.98 Å². The Morgan fingerprint density at radius 3 is 2.38 bits per heavy atom. The molecule has 0 aliphatic carbocycles. The van der Waals surface area contributed by atoms with Gasteiger partial charge in [-0.2, -0.15) is 0 Å². The molecular formula is C27H25F2N5. The van der Waals surface area contributed by atoms with Crippen LogP contribution >= 0.6 is 0 Å². The van der Waals surface area contributed by atoms with Gasteiger partial charge in [-0.05, 0) is 55.0 Å². The molecule has 0 unspecified atom stereocenters. The summed E-state index contributed by atoms with van der Waals surface area (Å²) in [6.07, 6.45) is 3.33. The number of halogens is 2. The van der Waals surface area contributed by atoms with Crippen LogP contribution in [0.15, 0.2) is 79.1 Å². The van der Waals surface area contributed by atoms with Crippen LogP contribution in [0.4, 0.5) is 31.5 Å². The highest BCUT2D eigenvalue weighted by Crippen LogP contribution is 2.36. The Hall–Kier alpha value is -4.10. The molecule has 4 aromatic rings. The average Bonchev–Trinajstić information content (AvgIpc) is 2.85. The van der Waals surface area contributed by atoms with Gasteiger partial charge in [0.05, 0.1) is 5.69 Å². The third kappa shape index (κ3) is 4.65. The number of nitrogens with zero attached hydrogens (tertiary/aromatic N) is 2. The van der Waals surface area contributed by atoms with Crippen LogP contribution < -0.4 is 16.0 Å². The molecule has 0 aliphatic rings. The zero-order valence-electron chi connectivity index (χ0n) is 18.9. The van der Waals surface area contributed by atoms with E-state index < -0.39 is 11.6 Å². The van der Waals surface area contributed by atoms with E-state index in [9.17, 15) is 0 Å². The molecule has 1 heterocycles. The number of nitrogens with two attached hydrogens (primary N) is 1. The van der Waals surface area contributed by atoms with E-state index in [1.807, 2.05) is 42.3 Å². The lowest BCUT2D eigenvalue weighted by Crippen LogP contribution is -2.10. The van der Waals surface area contributed by atoms with Crippen molar-refractivity contribution in [2.24, 2.45) is 5.73 Å². The molecule has 1 aromatic heterocycles. The summed E-state index contributed by atoms with van der Waals surface area (Å²) in [5.74, 6) is -1.18. The third-order valence-corrected chi connectivity index (χ3v) is 5.66. The van der Waals surface area contributed by atoms with E-state index in [1.165, 1.54) is 12.1 Å². The lowest BCUT2D eigenvalue weighted by Gasteiger charge is -2.20. The van der Waals surface area contributed by atoms with Gasteiger partial charge in [0, 0.05) is 65.5 Å². The zero-order chi connectivity index (χ0) is 24.2. The fraction of sp³-hybridized carbons (Fsp3) is 0.111. The van der Waals surface area contributed by atoms with Gasteiger partial charge < -0.3 is 21.4 Å². The molecule has 4 N–H and O–H groups in total. The lowest BCUT2D eigenvalue weighted by molar-refractivity contribution is 0.618. The minimum absolute atomic E-state index is 0.109. The highest BCUT2D eigenvalue weighted by Gasteiger charge is 2.19. The minimum Gasteiger partial charge on any atom is -0.353 e. The van der Waals surface area contributed by atoms with E-state index in [-0.39, 0.29) is 22.5 Å². The Morgan fingerprint density at radius 1 is 0.971 bits per heavy atom. The fourth-order valence-electron chi connectivity index (χ4n) is 3.79. The highest BCUT2D eigenvalue weighted by molar-refractivity contribution is 6.03. The highest BCUT2D eigenvalue weighted by atomic mass is 19.1. The van der Waals surface area contributed by atoms with Crippen LogP contribution in [0, 0.1) is 17.0 Å². The molecule has 0 atom stereocenters. The number of pyridine rings is 1. The molecule has 0 amide bonds. The molecular weight excluding hydrogens is 432 g/mol. The molecule has 0 fully saturated rings. The predicted octanol–water partition coefficient (Wildman–Crippen LogP) is 6.38. The van der Waals surface area contributed by atoms with Crippen molar-refractivity contribution in [3.63, 3.8) is 0 Å². The second-order valence-corrected chi connectivity index (χ2v) is 7.93. The maximum atomic E-state index is 15.8. The summed E-state index contributed by atoms with van der Waals surface area (Å²) in [5.41, 5.74) is 9.67. The molecule has 0 bridgehead atoms. The number of hydrogen-bond donors (Lipinski definition) is 3. The van der Waals surface area contributed by atoms with E-state index in [2.05, 4.69) is 10.3 Å². The molecule has 0 radical (unpaired) electrons. The molecule has 5 nitrogen and oxygen atoms in total. The zero-order valence-corrected chi connectivity index (χ0v) is 18.9. The van der Waals surface area contributed by atoms with Crippen molar-refractivity contribution in [2.45, 2.75) is 13.5 Å². The fourth-order valence-corrected chi connectivity index (χ4v) is 3.79. The molecule has 7 heteroatoms. The van der Waals surface area contributed by atoms with Crippen LogP contribution in [0.5, 0.6) is 0 Å². The lowest BCUT2D eigenvalue weighted by atomic mass is 9.98. The smallest absolute Gasteiger partial charge is 0.155 e. The Kier molecular flexibility index (Phi) is 6.65. The first kappa shape index (κ1) is 23.1. The number of anilines is 4. The van der Waals surface area contributed by atoms with Crippen molar-refractivity contribution in [1.82, 2.24) is 4.98 Å². The van der Waals surface area contributed by atoms with Gasteiger partial charge in [0.15, 0.2) is 5.82 Å². The van der Waals surface area contributed by atoms with Crippen molar-refractivity contribution in [3.05, 3.63) is 102 Å². The van der Waals surface area contributed by atoms with Crippen molar-refractivity contribution in [3.8, 4) is 11.1 Å². The van der Waals surface area contributed by atoms with Gasteiger partial charge in [-0.25, -0.2) is 8.78 Å². The first-order valence-corrected chi connectivity index (χ1v) is 10.8. The molecule has 0 saturated heterocycles. The van der Waals surface area contributed by atoms with Crippen LogP contribution in [0.2, 0.25) is 0 Å². The summed E-state index contributed by atoms with van der Waals surface area (Å²) >= 11 is 0. The van der Waals surface area contributed by atoms with Crippen molar-refractivity contribution < 1.29 is 8.78 Å². The SMILES string of the molecule is CC(=N)c1ccc(-c2ccc(N(C)c3ccncc3)cc2F)c(F)c1Nc1cccc(CN)c1. The predicted molar refractivity (Wildman–Crippen MR) is 134 cm³/mol. The molecule has 0 spiro atoms. The second-order valence-electron chi connectivity index (χ2n) is 7.93.